The van der Waals surface area contributed by atoms with Crippen molar-refractivity contribution in [1.29, 1.82) is 0 Å². The number of piperidine rings is 1. The largest absolute Gasteiger partial charge is 0.505 e. The zero-order valence-electron chi connectivity index (χ0n) is 11.5. The summed E-state index contributed by atoms with van der Waals surface area (Å²) in [4.78, 5) is 28.6. The lowest BCUT2D eigenvalue weighted by Gasteiger charge is -2.32. The predicted molar refractivity (Wildman–Crippen MR) is 73.2 cm³/mol. The number of carbonyl (C=O) groups is 2. The molecule has 1 fully saturated rings. The average molecular weight is 277 g/mol. The highest BCUT2D eigenvalue weighted by molar-refractivity contribution is 5.96. The van der Waals surface area contributed by atoms with Gasteiger partial charge in [0.05, 0.1) is 11.8 Å². The summed E-state index contributed by atoms with van der Waals surface area (Å²) in [7, 11) is 0. The molecular weight excluding hydrogens is 258 g/mol. The van der Waals surface area contributed by atoms with Crippen molar-refractivity contribution in [3.63, 3.8) is 0 Å². The van der Waals surface area contributed by atoms with Crippen LogP contribution in [-0.4, -0.2) is 46.4 Å². The summed E-state index contributed by atoms with van der Waals surface area (Å²) < 4.78 is 0. The van der Waals surface area contributed by atoms with Crippen LogP contribution in [0.5, 0.6) is 5.75 Å². The third-order valence-corrected chi connectivity index (χ3v) is 3.57. The lowest BCUT2D eigenvalue weighted by Crippen LogP contribution is -2.41. The molecule has 20 heavy (non-hydrogen) atoms. The third-order valence-electron chi connectivity index (χ3n) is 3.57. The molecule has 1 aliphatic rings. The highest BCUT2D eigenvalue weighted by Crippen LogP contribution is 2.21. The molecule has 1 aromatic heterocycles. The third kappa shape index (κ3) is 3.46. The van der Waals surface area contributed by atoms with Crippen LogP contribution in [-0.2, 0) is 4.79 Å². The van der Waals surface area contributed by atoms with Gasteiger partial charge in [-0.05, 0) is 24.8 Å². The standard InChI is InChI=1S/C14H19N3O3/c1-10(18)16-8-11-3-6-17(7-4-11)14(20)12-2-5-15-9-13(12)19/h2,5,9,11,19H,3-4,6-8H2,1H3,(H,16,18). The van der Waals surface area contributed by atoms with E-state index >= 15 is 0 Å². The van der Waals surface area contributed by atoms with Gasteiger partial charge in [0, 0.05) is 32.8 Å². The molecule has 1 saturated heterocycles. The SMILES string of the molecule is CC(=O)NCC1CCN(C(=O)c2ccncc2O)CC1. The van der Waals surface area contributed by atoms with Crippen molar-refractivity contribution < 1.29 is 14.7 Å². The van der Waals surface area contributed by atoms with Gasteiger partial charge < -0.3 is 15.3 Å². The van der Waals surface area contributed by atoms with E-state index in [1.807, 2.05) is 0 Å². The van der Waals surface area contributed by atoms with Crippen LogP contribution in [0.3, 0.4) is 0 Å². The first kappa shape index (κ1) is 14.3. The molecule has 0 aromatic carbocycles. The van der Waals surface area contributed by atoms with E-state index in [-0.39, 0.29) is 17.6 Å². The average Bonchev–Trinajstić information content (AvgIpc) is 2.45. The number of nitrogens with one attached hydrogen (secondary N) is 1. The number of nitrogens with zero attached hydrogens (tertiary/aromatic N) is 2. The van der Waals surface area contributed by atoms with E-state index < -0.39 is 0 Å². The number of hydrogen-bond acceptors (Lipinski definition) is 4. The Morgan fingerprint density at radius 2 is 2.15 bits per heavy atom. The van der Waals surface area contributed by atoms with Gasteiger partial charge in [-0.25, -0.2) is 0 Å². The Kier molecular flexibility index (Phi) is 4.55. The summed E-state index contributed by atoms with van der Waals surface area (Å²) in [6.45, 7) is 3.46. The van der Waals surface area contributed by atoms with Gasteiger partial charge in [0.2, 0.25) is 5.91 Å². The van der Waals surface area contributed by atoms with Crippen LogP contribution >= 0.6 is 0 Å². The molecule has 0 aliphatic carbocycles. The molecule has 2 N–H and O–H groups in total. The quantitative estimate of drug-likeness (QED) is 0.855. The predicted octanol–water partition coefficient (Wildman–Crippen LogP) is 0.775. The van der Waals surface area contributed by atoms with Gasteiger partial charge in [-0.2, -0.15) is 0 Å². The Balaban J connectivity index is 1.89. The number of hydrogen-bond donors (Lipinski definition) is 2. The lowest BCUT2D eigenvalue weighted by atomic mass is 9.96. The fourth-order valence-electron chi connectivity index (χ4n) is 2.37. The molecule has 0 bridgehead atoms. The van der Waals surface area contributed by atoms with Crippen LogP contribution < -0.4 is 5.32 Å². The second-order valence-electron chi connectivity index (χ2n) is 5.07. The van der Waals surface area contributed by atoms with Crippen molar-refractivity contribution in [2.45, 2.75) is 19.8 Å². The van der Waals surface area contributed by atoms with Gasteiger partial charge in [0.15, 0.2) is 0 Å². The van der Waals surface area contributed by atoms with Crippen LogP contribution in [0.4, 0.5) is 0 Å². The van der Waals surface area contributed by atoms with E-state index in [1.54, 1.807) is 4.90 Å². The molecule has 0 unspecified atom stereocenters. The van der Waals surface area contributed by atoms with Crippen molar-refractivity contribution in [3.8, 4) is 5.75 Å². The van der Waals surface area contributed by atoms with E-state index in [4.69, 9.17) is 0 Å². The molecule has 2 rings (SSSR count). The maximum absolute atomic E-state index is 12.3. The highest BCUT2D eigenvalue weighted by Gasteiger charge is 2.25. The second kappa shape index (κ2) is 6.36. The Bertz CT molecular complexity index is 496. The number of aromatic hydroxyl groups is 1. The number of amides is 2. The molecule has 0 spiro atoms. The van der Waals surface area contributed by atoms with Crippen LogP contribution in [0.1, 0.15) is 30.1 Å². The van der Waals surface area contributed by atoms with Gasteiger partial charge in [0.25, 0.3) is 5.91 Å². The first-order chi connectivity index (χ1) is 9.58. The normalized spacial score (nSPS) is 15.9. The number of aromatic nitrogens is 1. The fraction of sp³-hybridized carbons (Fsp3) is 0.500. The van der Waals surface area contributed by atoms with Crippen LogP contribution in [0.25, 0.3) is 0 Å². The van der Waals surface area contributed by atoms with E-state index in [9.17, 15) is 14.7 Å². The van der Waals surface area contributed by atoms with Crippen molar-refractivity contribution in [3.05, 3.63) is 24.0 Å². The monoisotopic (exact) mass is 277 g/mol. The Labute approximate surface area is 117 Å². The summed E-state index contributed by atoms with van der Waals surface area (Å²) in [5.74, 6) is 0.139. The minimum Gasteiger partial charge on any atom is -0.505 e. The highest BCUT2D eigenvalue weighted by atomic mass is 16.3. The van der Waals surface area contributed by atoms with Gasteiger partial charge >= 0.3 is 0 Å². The van der Waals surface area contributed by atoms with E-state index in [1.165, 1.54) is 25.4 Å². The summed E-state index contributed by atoms with van der Waals surface area (Å²) in [5.41, 5.74) is 0.292. The maximum atomic E-state index is 12.3. The Morgan fingerprint density at radius 3 is 2.75 bits per heavy atom. The molecular formula is C14H19N3O3. The summed E-state index contributed by atoms with van der Waals surface area (Å²) >= 11 is 0. The van der Waals surface area contributed by atoms with Crippen LogP contribution in [0.15, 0.2) is 18.5 Å². The number of likely N-dealkylation sites (tertiary alicyclic amines) is 1. The zero-order valence-corrected chi connectivity index (χ0v) is 11.5. The molecule has 0 radical (unpaired) electrons. The van der Waals surface area contributed by atoms with Crippen LogP contribution in [0.2, 0.25) is 0 Å². The van der Waals surface area contributed by atoms with E-state index in [2.05, 4.69) is 10.3 Å². The van der Waals surface area contributed by atoms with Gasteiger partial charge in [-0.3, -0.25) is 14.6 Å². The molecule has 1 aromatic rings. The smallest absolute Gasteiger partial charge is 0.257 e. The van der Waals surface area contributed by atoms with Crippen molar-refractivity contribution in [2.75, 3.05) is 19.6 Å². The first-order valence-electron chi connectivity index (χ1n) is 6.74. The molecule has 2 amide bonds. The maximum Gasteiger partial charge on any atom is 0.257 e. The van der Waals surface area contributed by atoms with Gasteiger partial charge in [-0.15, -0.1) is 0 Å². The lowest BCUT2D eigenvalue weighted by molar-refractivity contribution is -0.119. The van der Waals surface area contributed by atoms with Gasteiger partial charge in [0.1, 0.15) is 5.75 Å². The molecule has 0 atom stereocenters. The summed E-state index contributed by atoms with van der Waals surface area (Å²) in [5, 5.41) is 12.5. The molecule has 1 aliphatic heterocycles. The summed E-state index contributed by atoms with van der Waals surface area (Å²) in [6.07, 6.45) is 4.49. The Morgan fingerprint density at radius 1 is 1.45 bits per heavy atom. The second-order valence-corrected chi connectivity index (χ2v) is 5.07. The van der Waals surface area contributed by atoms with Gasteiger partial charge in [-0.1, -0.05) is 0 Å². The molecule has 6 nitrogen and oxygen atoms in total. The number of carbonyl (C=O) groups excluding carboxylic acids is 2. The summed E-state index contributed by atoms with van der Waals surface area (Å²) in [6, 6.07) is 1.53. The molecule has 108 valence electrons. The number of rotatable bonds is 3. The van der Waals surface area contributed by atoms with Crippen LogP contribution in [0, 0.1) is 5.92 Å². The molecule has 2 heterocycles. The first-order valence-corrected chi connectivity index (χ1v) is 6.74. The minimum atomic E-state index is -0.164. The van der Waals surface area contributed by atoms with Crippen molar-refractivity contribution in [1.82, 2.24) is 15.2 Å². The van der Waals surface area contributed by atoms with E-state index in [0.29, 0.717) is 31.1 Å². The molecule has 0 saturated carbocycles. The fourth-order valence-corrected chi connectivity index (χ4v) is 2.37. The molecule has 6 heteroatoms. The topological polar surface area (TPSA) is 82.5 Å². The Hall–Kier alpha value is -2.11. The van der Waals surface area contributed by atoms with Crippen molar-refractivity contribution >= 4 is 11.8 Å². The van der Waals surface area contributed by atoms with E-state index in [0.717, 1.165) is 12.8 Å². The van der Waals surface area contributed by atoms with Crippen molar-refractivity contribution in [2.24, 2.45) is 5.92 Å². The number of pyridine rings is 1. The zero-order chi connectivity index (χ0) is 14.5. The minimum absolute atomic E-state index is 0.0230.